The molecule has 0 aliphatic rings. The number of aryl methyl sites for hydroxylation is 2. The van der Waals surface area contributed by atoms with Crippen LogP contribution in [-0.2, 0) is 6.54 Å². The van der Waals surface area contributed by atoms with E-state index in [1.165, 1.54) is 16.7 Å². The summed E-state index contributed by atoms with van der Waals surface area (Å²) >= 11 is 0. The molecule has 0 aliphatic heterocycles. The van der Waals surface area contributed by atoms with Gasteiger partial charge < -0.3 is 15.8 Å². The van der Waals surface area contributed by atoms with Crippen LogP contribution in [0.15, 0.2) is 12.1 Å². The molecule has 0 saturated heterocycles. The first-order chi connectivity index (χ1) is 8.19. The number of ether oxygens (including phenoxy) is 1. The maximum absolute atomic E-state index is 5.46. The molecule has 1 rings (SSSR count). The molecule has 0 bridgehead atoms. The number of hydrogen-bond acceptors (Lipinski definition) is 3. The molecule has 0 amide bonds. The SMILES string of the molecule is COc1cc(C)c(C)cc1CNCCCCN. The lowest BCUT2D eigenvalue weighted by atomic mass is 10.0. The zero-order valence-electron chi connectivity index (χ0n) is 11.2. The lowest BCUT2D eigenvalue weighted by molar-refractivity contribution is 0.407. The van der Waals surface area contributed by atoms with E-state index in [1.807, 2.05) is 0 Å². The minimum absolute atomic E-state index is 0.772. The zero-order chi connectivity index (χ0) is 12.7. The molecule has 0 radical (unpaired) electrons. The van der Waals surface area contributed by atoms with E-state index in [4.69, 9.17) is 10.5 Å². The first kappa shape index (κ1) is 14.0. The van der Waals surface area contributed by atoms with Gasteiger partial charge in [0.05, 0.1) is 7.11 Å². The summed E-state index contributed by atoms with van der Waals surface area (Å²) in [5, 5.41) is 3.42. The van der Waals surface area contributed by atoms with E-state index in [1.54, 1.807) is 7.11 Å². The van der Waals surface area contributed by atoms with Crippen LogP contribution in [0.25, 0.3) is 0 Å². The number of hydrogen-bond donors (Lipinski definition) is 2. The van der Waals surface area contributed by atoms with Crippen molar-refractivity contribution in [1.29, 1.82) is 0 Å². The second-order valence-corrected chi connectivity index (χ2v) is 4.42. The number of nitrogens with one attached hydrogen (secondary N) is 1. The highest BCUT2D eigenvalue weighted by atomic mass is 16.5. The summed E-state index contributed by atoms with van der Waals surface area (Å²) in [6.07, 6.45) is 2.21. The Balaban J connectivity index is 2.54. The minimum Gasteiger partial charge on any atom is -0.496 e. The highest BCUT2D eigenvalue weighted by Crippen LogP contribution is 2.22. The summed E-state index contributed by atoms with van der Waals surface area (Å²) in [7, 11) is 1.72. The molecule has 0 fully saturated rings. The zero-order valence-corrected chi connectivity index (χ0v) is 11.2. The van der Waals surface area contributed by atoms with Gasteiger partial charge in [-0.1, -0.05) is 6.07 Å². The van der Waals surface area contributed by atoms with Crippen molar-refractivity contribution in [2.24, 2.45) is 5.73 Å². The van der Waals surface area contributed by atoms with E-state index in [0.29, 0.717) is 0 Å². The minimum atomic E-state index is 0.772. The van der Waals surface area contributed by atoms with Gasteiger partial charge in [0.1, 0.15) is 5.75 Å². The fourth-order valence-electron chi connectivity index (χ4n) is 1.80. The van der Waals surface area contributed by atoms with E-state index in [-0.39, 0.29) is 0 Å². The molecule has 0 spiro atoms. The van der Waals surface area contributed by atoms with Crippen molar-refractivity contribution in [2.75, 3.05) is 20.2 Å². The highest BCUT2D eigenvalue weighted by molar-refractivity contribution is 5.41. The van der Waals surface area contributed by atoms with E-state index < -0.39 is 0 Å². The molecular weight excluding hydrogens is 212 g/mol. The van der Waals surface area contributed by atoms with Gasteiger partial charge in [-0.05, 0) is 57.0 Å². The first-order valence-corrected chi connectivity index (χ1v) is 6.24. The van der Waals surface area contributed by atoms with Crippen molar-refractivity contribution >= 4 is 0 Å². The third kappa shape index (κ3) is 4.36. The summed E-state index contributed by atoms with van der Waals surface area (Å²) in [6.45, 7) is 6.87. The second-order valence-electron chi connectivity index (χ2n) is 4.42. The fraction of sp³-hybridized carbons (Fsp3) is 0.571. The van der Waals surface area contributed by atoms with Gasteiger partial charge in [0.2, 0.25) is 0 Å². The van der Waals surface area contributed by atoms with Gasteiger partial charge in [-0.3, -0.25) is 0 Å². The van der Waals surface area contributed by atoms with Gasteiger partial charge in [0, 0.05) is 12.1 Å². The van der Waals surface area contributed by atoms with Crippen molar-refractivity contribution in [1.82, 2.24) is 5.32 Å². The summed E-state index contributed by atoms with van der Waals surface area (Å²) in [5.41, 5.74) is 9.26. The molecule has 1 aromatic carbocycles. The van der Waals surface area contributed by atoms with Crippen LogP contribution in [0, 0.1) is 13.8 Å². The Morgan fingerprint density at radius 1 is 1.18 bits per heavy atom. The summed E-state index contributed by atoms with van der Waals surface area (Å²) in [4.78, 5) is 0. The molecule has 0 unspecified atom stereocenters. The van der Waals surface area contributed by atoms with Crippen LogP contribution in [0.3, 0.4) is 0 Å². The molecule has 3 heteroatoms. The predicted molar refractivity (Wildman–Crippen MR) is 72.5 cm³/mol. The molecule has 1 aromatic rings. The molecule has 96 valence electrons. The average molecular weight is 236 g/mol. The van der Waals surface area contributed by atoms with Gasteiger partial charge in [-0.25, -0.2) is 0 Å². The number of rotatable bonds is 7. The van der Waals surface area contributed by atoms with E-state index in [0.717, 1.165) is 38.2 Å². The molecule has 17 heavy (non-hydrogen) atoms. The Labute approximate surface area is 104 Å². The molecule has 0 aromatic heterocycles. The Morgan fingerprint density at radius 3 is 2.53 bits per heavy atom. The third-order valence-electron chi connectivity index (χ3n) is 3.02. The Hall–Kier alpha value is -1.06. The van der Waals surface area contributed by atoms with Crippen LogP contribution in [0.2, 0.25) is 0 Å². The van der Waals surface area contributed by atoms with Crippen LogP contribution < -0.4 is 15.8 Å². The maximum Gasteiger partial charge on any atom is 0.123 e. The van der Waals surface area contributed by atoms with Crippen molar-refractivity contribution in [3.8, 4) is 5.75 Å². The fourth-order valence-corrected chi connectivity index (χ4v) is 1.80. The highest BCUT2D eigenvalue weighted by Gasteiger charge is 2.05. The van der Waals surface area contributed by atoms with Crippen LogP contribution in [0.5, 0.6) is 5.75 Å². The van der Waals surface area contributed by atoms with Crippen molar-refractivity contribution in [2.45, 2.75) is 33.2 Å². The Bertz CT molecular complexity index is 350. The molecule has 0 heterocycles. The van der Waals surface area contributed by atoms with Crippen LogP contribution in [0.4, 0.5) is 0 Å². The van der Waals surface area contributed by atoms with Crippen molar-refractivity contribution in [3.05, 3.63) is 28.8 Å². The molecule has 0 atom stereocenters. The van der Waals surface area contributed by atoms with Gasteiger partial charge in [-0.15, -0.1) is 0 Å². The molecule has 0 saturated carbocycles. The second kappa shape index (κ2) is 7.30. The summed E-state index contributed by atoms with van der Waals surface area (Å²) in [6, 6.07) is 4.30. The van der Waals surface area contributed by atoms with E-state index >= 15 is 0 Å². The van der Waals surface area contributed by atoms with Crippen LogP contribution in [-0.4, -0.2) is 20.2 Å². The monoisotopic (exact) mass is 236 g/mol. The summed E-state index contributed by atoms with van der Waals surface area (Å²) in [5.74, 6) is 0.972. The topological polar surface area (TPSA) is 47.3 Å². The third-order valence-corrected chi connectivity index (χ3v) is 3.02. The lowest BCUT2D eigenvalue weighted by Gasteiger charge is -2.12. The molecule has 0 aliphatic carbocycles. The van der Waals surface area contributed by atoms with Crippen molar-refractivity contribution < 1.29 is 4.74 Å². The van der Waals surface area contributed by atoms with Crippen LogP contribution in [0.1, 0.15) is 29.5 Å². The maximum atomic E-state index is 5.46. The number of methoxy groups -OCH3 is 1. The molecular formula is C14H24N2O. The average Bonchev–Trinajstić information content (AvgIpc) is 2.33. The van der Waals surface area contributed by atoms with Gasteiger partial charge in [0.15, 0.2) is 0 Å². The predicted octanol–water partition coefficient (Wildman–Crippen LogP) is 2.14. The van der Waals surface area contributed by atoms with E-state index in [2.05, 4.69) is 31.3 Å². The van der Waals surface area contributed by atoms with Gasteiger partial charge >= 0.3 is 0 Å². The molecule has 3 N–H and O–H groups in total. The Morgan fingerprint density at radius 2 is 1.88 bits per heavy atom. The molecule has 3 nitrogen and oxygen atoms in total. The first-order valence-electron chi connectivity index (χ1n) is 6.24. The number of nitrogens with two attached hydrogens (primary N) is 1. The van der Waals surface area contributed by atoms with Gasteiger partial charge in [0.25, 0.3) is 0 Å². The van der Waals surface area contributed by atoms with Gasteiger partial charge in [-0.2, -0.15) is 0 Å². The van der Waals surface area contributed by atoms with Crippen molar-refractivity contribution in [3.63, 3.8) is 0 Å². The summed E-state index contributed by atoms with van der Waals surface area (Å²) < 4.78 is 5.40. The van der Waals surface area contributed by atoms with Crippen LogP contribution >= 0.6 is 0 Å². The Kier molecular flexibility index (Phi) is 6.01. The normalized spacial score (nSPS) is 10.6. The largest absolute Gasteiger partial charge is 0.496 e. The standard InChI is InChI=1S/C14H24N2O/c1-11-8-13(10-16-7-5-4-6-15)14(17-3)9-12(11)2/h8-9,16H,4-7,10,15H2,1-3H3. The lowest BCUT2D eigenvalue weighted by Crippen LogP contribution is -2.16. The smallest absolute Gasteiger partial charge is 0.123 e. The number of unbranched alkanes of at least 4 members (excludes halogenated alkanes) is 1. The quantitative estimate of drug-likeness (QED) is 0.713. The number of benzene rings is 1. The van der Waals surface area contributed by atoms with E-state index in [9.17, 15) is 0 Å².